The maximum Gasteiger partial charge on any atom is 0.332 e. The van der Waals surface area contributed by atoms with Crippen molar-refractivity contribution in [3.63, 3.8) is 0 Å². The SMILES string of the molecule is Cn1c(NC[C@H](O)CO)nc2c1c(=O)n(Cc1ccc(Cl)cc1)c(=O)n2C. The standard InChI is InChI=1S/C17H20ClN5O4/c1-21-13-14(20-16(21)19-7-12(25)9-24)22(2)17(27)23(15(13)26)8-10-3-5-11(18)6-4-10/h3-6,12,24-25H,7-9H2,1-2H3,(H,19,20)/t12-/m0/s1. The number of nitrogens with zero attached hydrogens (tertiary/aromatic N) is 4. The molecule has 0 amide bonds. The van der Waals surface area contributed by atoms with Gasteiger partial charge in [0.1, 0.15) is 0 Å². The van der Waals surface area contributed by atoms with Crippen LogP contribution in [0.25, 0.3) is 11.2 Å². The second-order valence-electron chi connectivity index (χ2n) is 6.24. The smallest absolute Gasteiger partial charge is 0.332 e. The summed E-state index contributed by atoms with van der Waals surface area (Å²) in [5.74, 6) is 0.314. The number of aromatic nitrogens is 4. The number of anilines is 1. The fraction of sp³-hybridized carbons (Fsp3) is 0.353. The molecule has 2 heterocycles. The molecule has 0 aliphatic carbocycles. The Morgan fingerprint density at radius 2 is 1.85 bits per heavy atom. The Morgan fingerprint density at radius 3 is 2.48 bits per heavy atom. The minimum Gasteiger partial charge on any atom is -0.394 e. The van der Waals surface area contributed by atoms with Gasteiger partial charge in [0.05, 0.1) is 19.3 Å². The van der Waals surface area contributed by atoms with Gasteiger partial charge in [-0.1, -0.05) is 23.7 Å². The highest BCUT2D eigenvalue weighted by Gasteiger charge is 2.19. The van der Waals surface area contributed by atoms with Crippen LogP contribution in [0, 0.1) is 0 Å². The molecule has 144 valence electrons. The Balaban J connectivity index is 2.08. The van der Waals surface area contributed by atoms with Crippen LogP contribution < -0.4 is 16.6 Å². The Kier molecular flexibility index (Phi) is 5.36. The van der Waals surface area contributed by atoms with Crippen molar-refractivity contribution < 1.29 is 10.2 Å². The molecule has 0 saturated heterocycles. The number of aliphatic hydroxyl groups is 2. The average molecular weight is 394 g/mol. The first kappa shape index (κ1) is 19.2. The summed E-state index contributed by atoms with van der Waals surface area (Å²) in [5.41, 5.74) is 0.314. The van der Waals surface area contributed by atoms with E-state index in [0.717, 1.165) is 10.1 Å². The third-order valence-corrected chi connectivity index (χ3v) is 4.57. The fourth-order valence-electron chi connectivity index (χ4n) is 2.79. The van der Waals surface area contributed by atoms with E-state index in [4.69, 9.17) is 16.7 Å². The van der Waals surface area contributed by atoms with E-state index >= 15 is 0 Å². The molecule has 0 aliphatic rings. The van der Waals surface area contributed by atoms with Crippen molar-refractivity contribution in [2.45, 2.75) is 12.6 Å². The van der Waals surface area contributed by atoms with Gasteiger partial charge in [-0.15, -0.1) is 0 Å². The molecule has 3 rings (SSSR count). The minimum atomic E-state index is -0.963. The van der Waals surface area contributed by atoms with E-state index in [-0.39, 0.29) is 24.3 Å². The highest BCUT2D eigenvalue weighted by atomic mass is 35.5. The first-order valence-electron chi connectivity index (χ1n) is 8.27. The van der Waals surface area contributed by atoms with Crippen LogP contribution in [-0.2, 0) is 20.6 Å². The third kappa shape index (κ3) is 3.61. The molecule has 27 heavy (non-hydrogen) atoms. The lowest BCUT2D eigenvalue weighted by Crippen LogP contribution is -2.39. The zero-order valence-corrected chi connectivity index (χ0v) is 15.6. The summed E-state index contributed by atoms with van der Waals surface area (Å²) in [5, 5.41) is 21.8. The number of halogens is 1. The first-order valence-corrected chi connectivity index (χ1v) is 8.64. The number of rotatable bonds is 6. The molecule has 3 N–H and O–H groups in total. The second kappa shape index (κ2) is 7.55. The van der Waals surface area contributed by atoms with Crippen molar-refractivity contribution in [3.05, 3.63) is 55.7 Å². The van der Waals surface area contributed by atoms with Gasteiger partial charge in [0.25, 0.3) is 5.56 Å². The summed E-state index contributed by atoms with van der Waals surface area (Å²) < 4.78 is 3.97. The number of hydrogen-bond donors (Lipinski definition) is 3. The molecule has 0 saturated carbocycles. The van der Waals surface area contributed by atoms with Gasteiger partial charge in [-0.25, -0.2) is 4.79 Å². The van der Waals surface area contributed by atoms with Gasteiger partial charge in [-0.3, -0.25) is 13.9 Å². The maximum absolute atomic E-state index is 12.9. The normalized spacial score (nSPS) is 12.5. The van der Waals surface area contributed by atoms with E-state index in [0.29, 0.717) is 11.0 Å². The molecule has 0 unspecified atom stereocenters. The van der Waals surface area contributed by atoms with Crippen LogP contribution in [0.2, 0.25) is 5.02 Å². The molecular weight excluding hydrogens is 374 g/mol. The number of benzene rings is 1. The second-order valence-corrected chi connectivity index (χ2v) is 6.68. The van der Waals surface area contributed by atoms with E-state index in [1.54, 1.807) is 38.4 Å². The average Bonchev–Trinajstić information content (AvgIpc) is 2.99. The van der Waals surface area contributed by atoms with Crippen molar-refractivity contribution in [2.75, 3.05) is 18.5 Å². The van der Waals surface area contributed by atoms with E-state index in [2.05, 4.69) is 10.3 Å². The predicted molar refractivity (Wildman–Crippen MR) is 102 cm³/mol. The lowest BCUT2D eigenvalue weighted by molar-refractivity contribution is 0.105. The van der Waals surface area contributed by atoms with Crippen LogP contribution >= 0.6 is 11.6 Å². The number of hydrogen-bond acceptors (Lipinski definition) is 6. The van der Waals surface area contributed by atoms with Crippen molar-refractivity contribution in [1.82, 2.24) is 18.7 Å². The van der Waals surface area contributed by atoms with E-state index in [1.165, 1.54) is 9.13 Å². The molecule has 0 bridgehead atoms. The van der Waals surface area contributed by atoms with Gasteiger partial charge in [0, 0.05) is 25.7 Å². The number of aryl methyl sites for hydroxylation is 2. The Hall–Kier alpha value is -2.62. The summed E-state index contributed by atoms with van der Waals surface area (Å²) in [4.78, 5) is 29.9. The number of fused-ring (bicyclic) bond motifs is 1. The lowest BCUT2D eigenvalue weighted by Gasteiger charge is -2.10. The van der Waals surface area contributed by atoms with Crippen molar-refractivity contribution in [2.24, 2.45) is 14.1 Å². The molecule has 2 aromatic heterocycles. The van der Waals surface area contributed by atoms with Crippen molar-refractivity contribution in [3.8, 4) is 0 Å². The molecule has 3 aromatic rings. The van der Waals surface area contributed by atoms with Gasteiger partial charge in [0.2, 0.25) is 5.95 Å². The third-order valence-electron chi connectivity index (χ3n) is 4.32. The molecule has 0 aliphatic heterocycles. The van der Waals surface area contributed by atoms with Crippen LogP contribution in [0.4, 0.5) is 5.95 Å². The van der Waals surface area contributed by atoms with Gasteiger partial charge < -0.3 is 20.1 Å². The van der Waals surface area contributed by atoms with Crippen LogP contribution in [0.1, 0.15) is 5.56 Å². The molecular formula is C17H20ClN5O4. The maximum atomic E-state index is 12.9. The molecule has 10 heteroatoms. The molecule has 1 aromatic carbocycles. The summed E-state index contributed by atoms with van der Waals surface area (Å²) >= 11 is 5.88. The Bertz CT molecular complexity index is 1080. The van der Waals surface area contributed by atoms with Gasteiger partial charge in [0.15, 0.2) is 11.2 Å². The summed E-state index contributed by atoms with van der Waals surface area (Å²) in [7, 11) is 3.18. The number of aliphatic hydroxyl groups excluding tert-OH is 2. The number of imidazole rings is 1. The molecule has 9 nitrogen and oxygen atoms in total. The Labute approximate surface area is 159 Å². The monoisotopic (exact) mass is 393 g/mol. The largest absolute Gasteiger partial charge is 0.394 e. The fourth-order valence-corrected chi connectivity index (χ4v) is 2.91. The van der Waals surface area contributed by atoms with Crippen LogP contribution in [0.5, 0.6) is 0 Å². The lowest BCUT2D eigenvalue weighted by atomic mass is 10.2. The molecule has 0 radical (unpaired) electrons. The summed E-state index contributed by atoms with van der Waals surface area (Å²) in [6, 6.07) is 6.91. The highest BCUT2D eigenvalue weighted by Crippen LogP contribution is 2.14. The van der Waals surface area contributed by atoms with Gasteiger partial charge in [-0.2, -0.15) is 4.98 Å². The Morgan fingerprint density at radius 1 is 1.19 bits per heavy atom. The quantitative estimate of drug-likeness (QED) is 0.539. The van der Waals surface area contributed by atoms with E-state index in [9.17, 15) is 14.7 Å². The van der Waals surface area contributed by atoms with Crippen LogP contribution in [0.15, 0.2) is 33.9 Å². The summed E-state index contributed by atoms with van der Waals surface area (Å²) in [6.07, 6.45) is -0.963. The molecule has 1 atom stereocenters. The predicted octanol–water partition coefficient (Wildman–Crippen LogP) is -0.0995. The topological polar surface area (TPSA) is 114 Å². The van der Waals surface area contributed by atoms with Gasteiger partial charge >= 0.3 is 5.69 Å². The highest BCUT2D eigenvalue weighted by molar-refractivity contribution is 6.30. The molecule has 0 fully saturated rings. The molecule has 0 spiro atoms. The zero-order chi connectivity index (χ0) is 19.7. The summed E-state index contributed by atoms with van der Waals surface area (Å²) in [6.45, 7) is -0.236. The van der Waals surface area contributed by atoms with Crippen LogP contribution in [-0.4, -0.2) is 48.2 Å². The van der Waals surface area contributed by atoms with Crippen LogP contribution in [0.3, 0.4) is 0 Å². The van der Waals surface area contributed by atoms with E-state index in [1.807, 2.05) is 0 Å². The van der Waals surface area contributed by atoms with Crippen molar-refractivity contribution in [1.29, 1.82) is 0 Å². The van der Waals surface area contributed by atoms with Crippen molar-refractivity contribution >= 4 is 28.7 Å². The zero-order valence-electron chi connectivity index (χ0n) is 14.9. The van der Waals surface area contributed by atoms with Gasteiger partial charge in [-0.05, 0) is 17.7 Å². The number of nitrogens with one attached hydrogen (secondary N) is 1. The minimum absolute atomic E-state index is 0.0561. The first-order chi connectivity index (χ1) is 12.8. The van der Waals surface area contributed by atoms with E-state index < -0.39 is 24.0 Å².